The molecule has 12 aromatic rings. The van der Waals surface area contributed by atoms with E-state index >= 15 is 0 Å². The van der Waals surface area contributed by atoms with Crippen molar-refractivity contribution in [3.63, 3.8) is 0 Å². The van der Waals surface area contributed by atoms with Crippen molar-refractivity contribution in [3.8, 4) is 50.7 Å². The first-order chi connectivity index (χ1) is 35.6. The molecule has 0 atom stereocenters. The van der Waals surface area contributed by atoms with Gasteiger partial charge in [0.05, 0.1) is 28.3 Å². The Balaban J connectivity index is 0.000000202. The number of hydrogen-bond donors (Lipinski definition) is 0. The van der Waals surface area contributed by atoms with Crippen molar-refractivity contribution in [2.45, 2.75) is 66.0 Å². The maximum atomic E-state index is 7.84. The van der Waals surface area contributed by atoms with Crippen molar-refractivity contribution in [1.29, 1.82) is 0 Å². The number of nitrogens with zero attached hydrogens (tertiary/aromatic N) is 4. The minimum absolute atomic E-state index is 0. The third kappa shape index (κ3) is 9.02. The van der Waals surface area contributed by atoms with Crippen LogP contribution in [-0.2, 0) is 20.1 Å². The second kappa shape index (κ2) is 19.7. The minimum Gasteiger partial charge on any atom is -0.501 e. The van der Waals surface area contributed by atoms with Crippen LogP contribution < -0.4 is 5.32 Å². The van der Waals surface area contributed by atoms with Gasteiger partial charge in [-0.15, -0.1) is 47.5 Å². The van der Waals surface area contributed by atoms with Crippen LogP contribution in [0.3, 0.4) is 0 Å². The summed E-state index contributed by atoms with van der Waals surface area (Å²) >= 11 is 0. The molecule has 0 saturated heterocycles. The smallest absolute Gasteiger partial charge is 0.121 e. The monoisotopic (exact) mass is 1130 g/mol. The molecule has 1 radical (unpaired) electrons. The van der Waals surface area contributed by atoms with Crippen LogP contribution in [0.2, 0.25) is 19.6 Å². The number of fused-ring (bicyclic) bond motifs is 7. The molecule has 0 spiro atoms. The molecular formula is C65H56IrN4OSi-2. The fourth-order valence-electron chi connectivity index (χ4n) is 9.83. The van der Waals surface area contributed by atoms with Gasteiger partial charge in [0.25, 0.3) is 0 Å². The number of aryl methyl sites for hydroxylation is 1. The molecule has 12 rings (SSSR count). The Morgan fingerprint density at radius 2 is 1.29 bits per heavy atom. The number of furan rings is 1. The molecule has 0 aliphatic heterocycles. The van der Waals surface area contributed by atoms with Gasteiger partial charge in [-0.05, 0) is 104 Å². The molecule has 0 fully saturated rings. The van der Waals surface area contributed by atoms with Crippen molar-refractivity contribution < 1.29 is 28.6 Å². The fourth-order valence-corrected chi connectivity index (χ4v) is 10.8. The summed E-state index contributed by atoms with van der Waals surface area (Å²) in [5.41, 5.74) is 13.3. The van der Waals surface area contributed by atoms with Crippen LogP contribution in [0.1, 0.15) is 60.3 Å². The van der Waals surface area contributed by atoms with Gasteiger partial charge in [-0.25, -0.2) is 0 Å². The topological polar surface area (TPSA) is 56.7 Å². The van der Waals surface area contributed by atoms with E-state index in [0.717, 1.165) is 55.2 Å². The molecule has 0 saturated carbocycles. The fraction of sp³-hybridized carbons (Fsp3) is 0.154. The van der Waals surface area contributed by atoms with Gasteiger partial charge in [0.1, 0.15) is 13.7 Å². The summed E-state index contributed by atoms with van der Waals surface area (Å²) in [6.07, 6.45) is 1.77. The zero-order chi connectivity index (χ0) is 51.5. The molecule has 357 valence electrons. The predicted octanol–water partition coefficient (Wildman–Crippen LogP) is 17.1. The standard InChI is InChI=1S/C45H35N2O.C20H21N2Si.Ir/c1-27(2)36-24-32(29-13-6-5-7-14-29)25-37(28(3)4)43(36)47-41-20-11-10-19-40(41)46-45(47)35-18-12-17-34-39-23-31-22-21-30-15-8-9-16-33(30)38(31)26-42(39)48-44(34)35;1-15-10-11-17(14-18(15)16-8-6-5-7-9-16)20-21-13-12-19(22-20)23(2,3)4;/h5-17,19-28H,1-4H3;5-10,12-14H,1-4H3;/q2*-1;/i;1D3;. The van der Waals surface area contributed by atoms with Gasteiger partial charge in [0.2, 0.25) is 0 Å². The first-order valence-electron chi connectivity index (χ1n) is 26.0. The van der Waals surface area contributed by atoms with Gasteiger partial charge >= 0.3 is 0 Å². The quantitative estimate of drug-likeness (QED) is 0.0864. The van der Waals surface area contributed by atoms with Crippen LogP contribution >= 0.6 is 0 Å². The Hall–Kier alpha value is -7.28. The average molecular weight is 1130 g/mol. The normalized spacial score (nSPS) is 12.5. The van der Waals surface area contributed by atoms with Crippen LogP contribution in [0.15, 0.2) is 187 Å². The van der Waals surface area contributed by atoms with Crippen LogP contribution in [0.4, 0.5) is 0 Å². The molecule has 0 bridgehead atoms. The number of aromatic nitrogens is 4. The predicted molar refractivity (Wildman–Crippen MR) is 301 cm³/mol. The van der Waals surface area contributed by atoms with E-state index in [0.29, 0.717) is 17.0 Å². The molecule has 3 heterocycles. The molecule has 3 aromatic heterocycles. The first-order valence-corrected chi connectivity index (χ1v) is 28.0. The number of benzene rings is 9. The van der Waals surface area contributed by atoms with Crippen LogP contribution in [0.25, 0.3) is 105 Å². The molecule has 7 heteroatoms. The van der Waals surface area contributed by atoms with Gasteiger partial charge in [-0.2, -0.15) is 0 Å². The van der Waals surface area contributed by atoms with Crippen molar-refractivity contribution >= 4 is 67.9 Å². The van der Waals surface area contributed by atoms with Crippen molar-refractivity contribution in [3.05, 3.63) is 211 Å². The van der Waals surface area contributed by atoms with Crippen LogP contribution in [0, 0.1) is 19.0 Å². The summed E-state index contributed by atoms with van der Waals surface area (Å²) in [7, 11) is -1.57. The maximum Gasteiger partial charge on any atom is 0.121 e. The van der Waals surface area contributed by atoms with Gasteiger partial charge in [-0.3, -0.25) is 15.0 Å². The zero-order valence-corrected chi connectivity index (χ0v) is 44.9. The van der Waals surface area contributed by atoms with Gasteiger partial charge < -0.3 is 8.98 Å². The zero-order valence-electron chi connectivity index (χ0n) is 44.5. The largest absolute Gasteiger partial charge is 0.501 e. The number of rotatable bonds is 8. The molecule has 5 nitrogen and oxygen atoms in total. The van der Waals surface area contributed by atoms with Crippen LogP contribution in [-0.4, -0.2) is 27.6 Å². The number of para-hydroxylation sites is 2. The second-order valence-electron chi connectivity index (χ2n) is 20.0. The first kappa shape index (κ1) is 44.6. The van der Waals surface area contributed by atoms with E-state index in [4.69, 9.17) is 18.5 Å². The third-order valence-electron chi connectivity index (χ3n) is 13.5. The minimum atomic E-state index is -2.21. The summed E-state index contributed by atoms with van der Waals surface area (Å²) in [4.78, 5) is 14.4. The second-order valence-corrected chi connectivity index (χ2v) is 25.1. The average Bonchev–Trinajstić information content (AvgIpc) is 3.98. The van der Waals surface area contributed by atoms with E-state index in [-0.39, 0.29) is 37.5 Å². The van der Waals surface area contributed by atoms with E-state index in [1.165, 1.54) is 49.5 Å². The summed E-state index contributed by atoms with van der Waals surface area (Å²) in [6, 6.07) is 67.0. The molecule has 0 aliphatic rings. The van der Waals surface area contributed by atoms with E-state index in [1.807, 2.05) is 48.5 Å². The Morgan fingerprint density at radius 3 is 2.01 bits per heavy atom. The molecule has 0 N–H and O–H groups in total. The van der Waals surface area contributed by atoms with Gasteiger partial charge in [0, 0.05) is 46.8 Å². The number of imidazole rings is 1. The van der Waals surface area contributed by atoms with E-state index in [9.17, 15) is 0 Å². The van der Waals surface area contributed by atoms with Crippen LogP contribution in [0.5, 0.6) is 0 Å². The van der Waals surface area contributed by atoms with Crippen molar-refractivity contribution in [1.82, 2.24) is 19.5 Å². The molecule has 9 aromatic carbocycles. The SMILES string of the molecule is CC(C)c1cc(-c2ccccc2)cc(C(C)C)c1-n1c(-c2[c-]ccc3c2oc2cc4c(ccc5ccccc54)cc23)nc2ccccc21.[2H]C([2H])([2H])c1c[c-]c(-c2nccc([Si](C)(C)C)n2)cc1-c1ccccc1.[Ir]. The Kier molecular flexibility index (Phi) is 12.2. The molecular weight excluding hydrogens is 1070 g/mol. The van der Waals surface area contributed by atoms with Gasteiger partial charge in [-0.1, -0.05) is 180 Å². The van der Waals surface area contributed by atoms with Gasteiger partial charge in [0.15, 0.2) is 0 Å². The molecule has 0 unspecified atom stereocenters. The third-order valence-corrected chi connectivity index (χ3v) is 15.3. The summed E-state index contributed by atoms with van der Waals surface area (Å²) in [6.45, 7) is 13.6. The Morgan fingerprint density at radius 1 is 0.611 bits per heavy atom. The van der Waals surface area contributed by atoms with Crippen molar-refractivity contribution in [2.24, 2.45) is 0 Å². The maximum absolute atomic E-state index is 7.84. The van der Waals surface area contributed by atoms with E-state index in [2.05, 4.69) is 190 Å². The Bertz CT molecular complexity index is 4040. The van der Waals surface area contributed by atoms with E-state index < -0.39 is 14.9 Å². The Labute approximate surface area is 441 Å². The summed E-state index contributed by atoms with van der Waals surface area (Å²) < 4.78 is 32.7. The molecule has 0 aliphatic carbocycles. The molecule has 0 amide bonds. The summed E-state index contributed by atoms with van der Waals surface area (Å²) in [5, 5.41) is 8.09. The summed E-state index contributed by atoms with van der Waals surface area (Å²) in [5.74, 6) is 1.98. The number of hydrogen-bond acceptors (Lipinski definition) is 4. The van der Waals surface area contributed by atoms with E-state index in [1.54, 1.807) is 12.3 Å². The molecule has 72 heavy (non-hydrogen) atoms. The van der Waals surface area contributed by atoms with Crippen molar-refractivity contribution in [2.75, 3.05) is 0 Å².